The summed E-state index contributed by atoms with van der Waals surface area (Å²) in [6, 6.07) is 2.27. The van der Waals surface area contributed by atoms with Crippen molar-refractivity contribution in [1.82, 2.24) is 10.2 Å². The Kier molecular flexibility index (Phi) is 25.4. The van der Waals surface area contributed by atoms with Crippen molar-refractivity contribution in [3.63, 3.8) is 0 Å². The molecular weight excluding hydrogens is 390 g/mol. The topological polar surface area (TPSA) is 39.1 Å². The summed E-state index contributed by atoms with van der Waals surface area (Å²) in [6.07, 6.45) is 26.7. The number of unbranched alkanes of at least 4 members (excludes halogenated alkanes) is 16. The van der Waals surface area contributed by atoms with Crippen molar-refractivity contribution in [1.29, 1.82) is 5.26 Å². The van der Waals surface area contributed by atoms with Gasteiger partial charge in [0.25, 0.3) is 0 Å². The van der Waals surface area contributed by atoms with Crippen LogP contribution < -0.4 is 5.32 Å². The van der Waals surface area contributed by atoms with Crippen LogP contribution in [0.3, 0.4) is 0 Å². The molecule has 0 saturated carbocycles. The first-order valence-corrected chi connectivity index (χ1v) is 14.3. The largest absolute Gasteiger partial charge is 0.389 e. The van der Waals surface area contributed by atoms with E-state index < -0.39 is 0 Å². The molecule has 0 amide bonds. The van der Waals surface area contributed by atoms with Gasteiger partial charge in [0.2, 0.25) is 0 Å². The van der Waals surface area contributed by atoms with Crippen LogP contribution in [0.1, 0.15) is 142 Å². The van der Waals surface area contributed by atoms with Crippen LogP contribution in [-0.2, 0) is 0 Å². The molecule has 0 aromatic heterocycles. The second-order valence-corrected chi connectivity index (χ2v) is 9.69. The van der Waals surface area contributed by atoms with Crippen LogP contribution >= 0.6 is 0 Å². The number of nitriles is 1. The predicted molar refractivity (Wildman–Crippen MR) is 143 cm³/mol. The van der Waals surface area contributed by atoms with Crippen molar-refractivity contribution >= 4 is 0 Å². The molecule has 0 heterocycles. The summed E-state index contributed by atoms with van der Waals surface area (Å²) in [7, 11) is 0. The smallest absolute Gasteiger partial charge is 0.0635 e. The molecular formula is C29H57N3. The number of hydrogen-bond donors (Lipinski definition) is 1. The van der Waals surface area contributed by atoms with Crippen LogP contribution in [0.2, 0.25) is 0 Å². The highest BCUT2D eigenvalue weighted by atomic mass is 15.1. The van der Waals surface area contributed by atoms with E-state index in [0.717, 1.165) is 38.3 Å². The van der Waals surface area contributed by atoms with Crippen LogP contribution in [0.4, 0.5) is 0 Å². The van der Waals surface area contributed by atoms with E-state index in [1.807, 2.05) is 0 Å². The van der Waals surface area contributed by atoms with Crippen LogP contribution in [0.5, 0.6) is 0 Å². The van der Waals surface area contributed by atoms with Gasteiger partial charge in [0.1, 0.15) is 0 Å². The van der Waals surface area contributed by atoms with Gasteiger partial charge in [-0.1, -0.05) is 123 Å². The molecule has 3 nitrogen and oxygen atoms in total. The van der Waals surface area contributed by atoms with Gasteiger partial charge < -0.3 is 10.2 Å². The third-order valence-corrected chi connectivity index (χ3v) is 6.50. The zero-order chi connectivity index (χ0) is 23.5. The fraction of sp³-hybridized carbons (Fsp3) is 0.897. The molecule has 0 aliphatic rings. The Labute approximate surface area is 202 Å². The van der Waals surface area contributed by atoms with Crippen LogP contribution in [0.25, 0.3) is 0 Å². The second kappa shape index (κ2) is 26.2. The lowest BCUT2D eigenvalue weighted by Gasteiger charge is -2.21. The number of rotatable bonds is 26. The lowest BCUT2D eigenvalue weighted by atomic mass is 10.0. The minimum Gasteiger partial charge on any atom is -0.389 e. The predicted octanol–water partition coefficient (Wildman–Crippen LogP) is 8.76. The molecule has 0 saturated heterocycles. The van der Waals surface area contributed by atoms with Gasteiger partial charge in [-0.2, -0.15) is 5.26 Å². The van der Waals surface area contributed by atoms with Gasteiger partial charge in [0.15, 0.2) is 0 Å². The molecule has 0 rings (SSSR count). The molecule has 0 aliphatic carbocycles. The van der Waals surface area contributed by atoms with E-state index in [9.17, 15) is 0 Å². The van der Waals surface area contributed by atoms with E-state index in [1.54, 1.807) is 0 Å². The first kappa shape index (κ1) is 31.0. The Morgan fingerprint density at radius 2 is 1.12 bits per heavy atom. The molecule has 0 fully saturated rings. The van der Waals surface area contributed by atoms with Gasteiger partial charge >= 0.3 is 0 Å². The van der Waals surface area contributed by atoms with Crippen LogP contribution in [-0.4, -0.2) is 31.1 Å². The minimum absolute atomic E-state index is 0.628. The fourth-order valence-electron chi connectivity index (χ4n) is 4.24. The summed E-state index contributed by atoms with van der Waals surface area (Å²) in [5.41, 5.74) is 1.16. The van der Waals surface area contributed by atoms with Crippen molar-refractivity contribution in [3.8, 4) is 6.07 Å². The van der Waals surface area contributed by atoms with Crippen molar-refractivity contribution in [2.45, 2.75) is 142 Å². The fourth-order valence-corrected chi connectivity index (χ4v) is 4.24. The normalized spacial score (nSPS) is 11.1. The van der Waals surface area contributed by atoms with Crippen molar-refractivity contribution in [3.05, 3.63) is 12.3 Å². The average Bonchev–Trinajstić information content (AvgIpc) is 2.80. The second-order valence-electron chi connectivity index (χ2n) is 9.69. The van der Waals surface area contributed by atoms with Gasteiger partial charge in [-0.3, -0.25) is 0 Å². The quantitative estimate of drug-likeness (QED) is 0.135. The summed E-state index contributed by atoms with van der Waals surface area (Å²) in [4.78, 5) is 2.41. The lowest BCUT2D eigenvalue weighted by Crippen LogP contribution is -2.28. The van der Waals surface area contributed by atoms with Crippen LogP contribution in [0, 0.1) is 11.3 Å². The minimum atomic E-state index is 0.628. The average molecular weight is 448 g/mol. The molecule has 0 aromatic carbocycles. The Morgan fingerprint density at radius 3 is 1.59 bits per heavy atom. The highest BCUT2D eigenvalue weighted by Gasteiger charge is 2.05. The van der Waals surface area contributed by atoms with E-state index in [-0.39, 0.29) is 0 Å². The molecule has 188 valence electrons. The van der Waals surface area contributed by atoms with Crippen molar-refractivity contribution in [2.24, 2.45) is 0 Å². The van der Waals surface area contributed by atoms with Gasteiger partial charge in [-0.15, -0.1) is 0 Å². The van der Waals surface area contributed by atoms with Gasteiger partial charge in [0, 0.05) is 31.8 Å². The molecule has 0 bridgehead atoms. The summed E-state index contributed by atoms with van der Waals surface area (Å²) in [5.74, 6) is 0. The molecule has 1 N–H and O–H groups in total. The molecule has 0 atom stereocenters. The molecule has 0 aromatic rings. The number of nitrogens with one attached hydrogen (secondary N) is 1. The maximum Gasteiger partial charge on any atom is 0.0635 e. The molecule has 0 unspecified atom stereocenters. The Balaban J connectivity index is 3.36. The van der Waals surface area contributed by atoms with Gasteiger partial charge in [0.05, 0.1) is 6.07 Å². The zero-order valence-electron chi connectivity index (χ0n) is 22.1. The maximum absolute atomic E-state index is 8.83. The van der Waals surface area contributed by atoms with E-state index in [0.29, 0.717) is 6.42 Å². The van der Waals surface area contributed by atoms with Gasteiger partial charge in [-0.25, -0.2) is 0 Å². The number of hydrogen-bond acceptors (Lipinski definition) is 3. The maximum atomic E-state index is 8.83. The summed E-state index contributed by atoms with van der Waals surface area (Å²) in [5, 5.41) is 12.3. The molecule has 0 spiro atoms. The Bertz CT molecular complexity index is 427. The van der Waals surface area contributed by atoms with E-state index in [2.05, 4.69) is 36.7 Å². The Morgan fingerprint density at radius 1 is 0.656 bits per heavy atom. The van der Waals surface area contributed by atoms with Crippen molar-refractivity contribution < 1.29 is 0 Å². The summed E-state index contributed by atoms with van der Waals surface area (Å²) in [6.45, 7) is 12.8. The highest BCUT2D eigenvalue weighted by Crippen LogP contribution is 2.13. The SMILES string of the molecule is C=C(CCN(CCC#N)CCCC)NCCCCCCCCCCCCCCCCCC. The zero-order valence-corrected chi connectivity index (χ0v) is 22.1. The first-order chi connectivity index (χ1) is 15.7. The third-order valence-electron chi connectivity index (χ3n) is 6.50. The van der Waals surface area contributed by atoms with E-state index >= 15 is 0 Å². The van der Waals surface area contributed by atoms with Crippen LogP contribution in [0.15, 0.2) is 12.3 Å². The first-order valence-electron chi connectivity index (χ1n) is 14.3. The van der Waals surface area contributed by atoms with Crippen molar-refractivity contribution in [2.75, 3.05) is 26.2 Å². The molecule has 3 heteroatoms. The Hall–Kier alpha value is -1.01. The molecule has 32 heavy (non-hydrogen) atoms. The lowest BCUT2D eigenvalue weighted by molar-refractivity contribution is 0.277. The summed E-state index contributed by atoms with van der Waals surface area (Å²) >= 11 is 0. The molecule has 0 radical (unpaired) electrons. The number of nitrogens with zero attached hydrogens (tertiary/aromatic N) is 2. The monoisotopic (exact) mass is 447 g/mol. The van der Waals surface area contributed by atoms with E-state index in [4.69, 9.17) is 5.26 Å². The third kappa shape index (κ3) is 23.6. The van der Waals surface area contributed by atoms with Gasteiger partial charge in [-0.05, 0) is 25.8 Å². The molecule has 0 aliphatic heterocycles. The van der Waals surface area contributed by atoms with E-state index in [1.165, 1.54) is 116 Å². The standard InChI is InChI=1S/C29H57N3/c1-4-6-8-9-10-11-12-13-14-15-16-17-18-19-20-21-25-31-29(3)23-28-32(26-7-5-2)27-22-24-30/h31H,3-23,25-28H2,1-2H3. The summed E-state index contributed by atoms with van der Waals surface area (Å²) < 4.78 is 0. The highest BCUT2D eigenvalue weighted by molar-refractivity contribution is 4.91.